The SMILES string of the molecule is CCn1c2ccccc2c2cc(-n3nncc3-c3ccc(CCN4CCOC(C(C)n5c6ccccc6c6cc(-n7nncc7-c7ccc(F)cc7)ccc65)C4)cc3)ccc21. The van der Waals surface area contributed by atoms with Crippen LogP contribution in [0.5, 0.6) is 0 Å². The molecule has 4 aromatic heterocycles. The Bertz CT molecular complexity index is 3200. The van der Waals surface area contributed by atoms with Crippen molar-refractivity contribution >= 4 is 43.6 Å². The van der Waals surface area contributed by atoms with Gasteiger partial charge in [0.05, 0.1) is 53.9 Å². The van der Waals surface area contributed by atoms with Gasteiger partial charge in [0.25, 0.3) is 0 Å². The van der Waals surface area contributed by atoms with Crippen LogP contribution in [0.3, 0.4) is 0 Å². The molecular formula is C50H44FN9O. The zero-order valence-corrected chi connectivity index (χ0v) is 34.1. The van der Waals surface area contributed by atoms with E-state index in [0.29, 0.717) is 6.61 Å². The molecule has 302 valence electrons. The molecule has 61 heavy (non-hydrogen) atoms. The molecule has 6 aromatic carbocycles. The lowest BCUT2D eigenvalue weighted by atomic mass is 10.1. The number of nitrogens with zero attached hydrogens (tertiary/aromatic N) is 9. The van der Waals surface area contributed by atoms with Gasteiger partial charge in [0.15, 0.2) is 0 Å². The van der Waals surface area contributed by atoms with E-state index < -0.39 is 0 Å². The summed E-state index contributed by atoms with van der Waals surface area (Å²) in [5.74, 6) is -0.275. The van der Waals surface area contributed by atoms with Gasteiger partial charge >= 0.3 is 0 Å². The van der Waals surface area contributed by atoms with Gasteiger partial charge in [-0.1, -0.05) is 71.1 Å². The summed E-state index contributed by atoms with van der Waals surface area (Å²) in [6.45, 7) is 8.76. The molecule has 5 heterocycles. The van der Waals surface area contributed by atoms with Crippen molar-refractivity contribution in [3.05, 3.63) is 157 Å². The van der Waals surface area contributed by atoms with E-state index in [0.717, 1.165) is 77.4 Å². The monoisotopic (exact) mass is 805 g/mol. The summed E-state index contributed by atoms with van der Waals surface area (Å²) in [6, 6.07) is 45.6. The molecule has 1 aliphatic heterocycles. The molecule has 0 aliphatic carbocycles. The Kier molecular flexibility index (Phi) is 9.28. The number of hydrogen-bond donors (Lipinski definition) is 0. The van der Waals surface area contributed by atoms with Gasteiger partial charge in [0, 0.05) is 80.9 Å². The summed E-state index contributed by atoms with van der Waals surface area (Å²) < 4.78 is 28.8. The lowest BCUT2D eigenvalue weighted by molar-refractivity contribution is -0.0487. The minimum atomic E-state index is -0.275. The molecule has 11 heteroatoms. The number of benzene rings is 6. The summed E-state index contributed by atoms with van der Waals surface area (Å²) >= 11 is 0. The predicted molar refractivity (Wildman–Crippen MR) is 240 cm³/mol. The minimum Gasteiger partial charge on any atom is -0.373 e. The van der Waals surface area contributed by atoms with E-state index in [9.17, 15) is 4.39 Å². The molecule has 1 saturated heterocycles. The average Bonchev–Trinajstić information content (AvgIpc) is 4.12. The Labute approximate surface area is 352 Å². The second-order valence-electron chi connectivity index (χ2n) is 16.0. The number of para-hydroxylation sites is 2. The van der Waals surface area contributed by atoms with Crippen LogP contribution >= 0.6 is 0 Å². The van der Waals surface area contributed by atoms with E-state index in [1.807, 2.05) is 15.6 Å². The minimum absolute atomic E-state index is 0.0146. The van der Waals surface area contributed by atoms with Crippen LogP contribution in [-0.2, 0) is 17.7 Å². The summed E-state index contributed by atoms with van der Waals surface area (Å²) in [7, 11) is 0. The van der Waals surface area contributed by atoms with E-state index in [4.69, 9.17) is 4.74 Å². The van der Waals surface area contributed by atoms with Crippen LogP contribution in [0.4, 0.5) is 4.39 Å². The molecule has 11 rings (SSSR count). The van der Waals surface area contributed by atoms with Gasteiger partial charge in [-0.2, -0.15) is 0 Å². The third kappa shape index (κ3) is 6.48. The Morgan fingerprint density at radius 3 is 1.89 bits per heavy atom. The van der Waals surface area contributed by atoms with Crippen molar-refractivity contribution in [1.29, 1.82) is 0 Å². The number of rotatable bonds is 10. The van der Waals surface area contributed by atoms with Crippen LogP contribution in [0.1, 0.15) is 25.5 Å². The van der Waals surface area contributed by atoms with Crippen LogP contribution in [0, 0.1) is 5.82 Å². The fourth-order valence-electron chi connectivity index (χ4n) is 9.46. The van der Waals surface area contributed by atoms with E-state index in [2.05, 4.69) is 158 Å². The smallest absolute Gasteiger partial charge is 0.123 e. The van der Waals surface area contributed by atoms with Gasteiger partial charge in [-0.3, -0.25) is 4.90 Å². The molecule has 2 atom stereocenters. The molecule has 1 aliphatic rings. The van der Waals surface area contributed by atoms with Crippen molar-refractivity contribution < 1.29 is 9.13 Å². The summed E-state index contributed by atoms with van der Waals surface area (Å²) in [5.41, 5.74) is 11.7. The molecular weight excluding hydrogens is 762 g/mol. The van der Waals surface area contributed by atoms with E-state index in [1.165, 1.54) is 50.4 Å². The first-order valence-electron chi connectivity index (χ1n) is 21.1. The molecule has 10 aromatic rings. The molecule has 0 amide bonds. The number of fused-ring (bicyclic) bond motifs is 6. The first kappa shape index (κ1) is 37.1. The fourth-order valence-corrected chi connectivity index (χ4v) is 9.46. The summed E-state index contributed by atoms with van der Waals surface area (Å²) in [4.78, 5) is 2.54. The maximum Gasteiger partial charge on any atom is 0.123 e. The Morgan fingerprint density at radius 1 is 0.656 bits per heavy atom. The maximum atomic E-state index is 13.7. The van der Waals surface area contributed by atoms with Crippen LogP contribution in [-0.4, -0.2) is 76.4 Å². The summed E-state index contributed by atoms with van der Waals surface area (Å²) in [5, 5.41) is 22.3. The van der Waals surface area contributed by atoms with Crippen LogP contribution in [0.15, 0.2) is 146 Å². The standard InChI is InChI=1S/C50H44FN9O/c1-3-57-44-10-6-4-8-40(44)42-28-38(20-22-45(42)57)59-48(30-52-54-59)35-14-12-34(13-15-35)24-25-56-26-27-61-50(32-56)33(2)58-46-11-7-5-9-41(46)43-29-39(21-23-47(43)58)60-49(31-53-55-60)36-16-18-37(51)19-17-36/h4-23,28-31,33,50H,3,24-27,32H2,1-2H3. The quantitative estimate of drug-likeness (QED) is 0.137. The van der Waals surface area contributed by atoms with E-state index in [1.54, 1.807) is 18.3 Å². The molecule has 0 N–H and O–H groups in total. The third-order valence-electron chi connectivity index (χ3n) is 12.6. The zero-order valence-electron chi connectivity index (χ0n) is 34.1. The van der Waals surface area contributed by atoms with E-state index >= 15 is 0 Å². The van der Waals surface area contributed by atoms with Gasteiger partial charge in [0.1, 0.15) is 5.82 Å². The first-order chi connectivity index (χ1) is 30.0. The fraction of sp³-hybridized carbons (Fsp3) is 0.200. The molecule has 2 unspecified atom stereocenters. The highest BCUT2D eigenvalue weighted by Gasteiger charge is 2.29. The Morgan fingerprint density at radius 2 is 1.21 bits per heavy atom. The Hall–Kier alpha value is -6.95. The highest BCUT2D eigenvalue weighted by atomic mass is 19.1. The molecule has 1 fully saturated rings. The normalized spacial score (nSPS) is 15.4. The topological polar surface area (TPSA) is 83.8 Å². The van der Waals surface area contributed by atoms with Gasteiger partial charge in [-0.15, -0.1) is 10.2 Å². The van der Waals surface area contributed by atoms with Crippen molar-refractivity contribution in [2.45, 2.75) is 39.0 Å². The number of ether oxygens (including phenoxy) is 1. The predicted octanol–water partition coefficient (Wildman–Crippen LogP) is 10.1. The maximum absolute atomic E-state index is 13.7. The highest BCUT2D eigenvalue weighted by molar-refractivity contribution is 6.09. The van der Waals surface area contributed by atoms with Crippen molar-refractivity contribution in [2.75, 3.05) is 26.2 Å². The first-order valence-corrected chi connectivity index (χ1v) is 21.1. The van der Waals surface area contributed by atoms with Gasteiger partial charge in [0.2, 0.25) is 0 Å². The average molecular weight is 806 g/mol. The summed E-state index contributed by atoms with van der Waals surface area (Å²) in [6.07, 6.45) is 4.52. The lowest BCUT2D eigenvalue weighted by Gasteiger charge is -2.37. The Balaban J connectivity index is 0.799. The van der Waals surface area contributed by atoms with Crippen LogP contribution < -0.4 is 0 Å². The largest absolute Gasteiger partial charge is 0.373 e. The number of hydrogen-bond acceptors (Lipinski definition) is 6. The van der Waals surface area contributed by atoms with Crippen molar-refractivity contribution in [3.8, 4) is 33.9 Å². The molecule has 0 spiro atoms. The second kappa shape index (κ2) is 15.3. The van der Waals surface area contributed by atoms with Crippen molar-refractivity contribution in [3.63, 3.8) is 0 Å². The second-order valence-corrected chi connectivity index (χ2v) is 16.0. The highest BCUT2D eigenvalue weighted by Crippen LogP contribution is 2.36. The molecule has 0 bridgehead atoms. The number of aromatic nitrogens is 8. The van der Waals surface area contributed by atoms with Crippen molar-refractivity contribution in [2.24, 2.45) is 0 Å². The zero-order chi connectivity index (χ0) is 41.0. The van der Waals surface area contributed by atoms with Gasteiger partial charge < -0.3 is 13.9 Å². The number of morpholine rings is 1. The van der Waals surface area contributed by atoms with Gasteiger partial charge in [-0.25, -0.2) is 13.8 Å². The van der Waals surface area contributed by atoms with Gasteiger partial charge in [-0.05, 0) is 98.6 Å². The molecule has 0 saturated carbocycles. The molecule has 0 radical (unpaired) electrons. The number of halogens is 1. The van der Waals surface area contributed by atoms with Crippen molar-refractivity contribution in [1.82, 2.24) is 44.0 Å². The van der Waals surface area contributed by atoms with Crippen LogP contribution in [0.2, 0.25) is 0 Å². The third-order valence-corrected chi connectivity index (χ3v) is 12.6. The lowest BCUT2D eigenvalue weighted by Crippen LogP contribution is -2.46. The number of aryl methyl sites for hydroxylation is 1. The van der Waals surface area contributed by atoms with E-state index in [-0.39, 0.29) is 18.0 Å². The molecule has 10 nitrogen and oxygen atoms in total. The van der Waals surface area contributed by atoms with Crippen LogP contribution in [0.25, 0.3) is 77.5 Å².